The topological polar surface area (TPSA) is 125 Å². The summed E-state index contributed by atoms with van der Waals surface area (Å²) in [6.45, 7) is 8.34. The Morgan fingerprint density at radius 3 is 2.41 bits per heavy atom. The maximum absolute atomic E-state index is 14.4. The van der Waals surface area contributed by atoms with E-state index in [9.17, 15) is 17.6 Å². The average molecular weight is 495 g/mol. The predicted octanol–water partition coefficient (Wildman–Crippen LogP) is 2.86. The summed E-state index contributed by atoms with van der Waals surface area (Å²) >= 11 is 0. The molecule has 0 spiro atoms. The van der Waals surface area contributed by atoms with Gasteiger partial charge in [-0.2, -0.15) is 0 Å². The van der Waals surface area contributed by atoms with Gasteiger partial charge in [-0.1, -0.05) is 13.8 Å². The highest BCUT2D eigenvalue weighted by Gasteiger charge is 2.37. The molecule has 1 aliphatic heterocycles. The van der Waals surface area contributed by atoms with E-state index in [-0.39, 0.29) is 34.5 Å². The van der Waals surface area contributed by atoms with Crippen LogP contribution in [-0.2, 0) is 14.6 Å². The molecule has 2 N–H and O–H groups in total. The number of hydrogen-bond acceptors (Lipinski definition) is 8. The van der Waals surface area contributed by atoms with Gasteiger partial charge in [0.1, 0.15) is 12.4 Å². The summed E-state index contributed by atoms with van der Waals surface area (Å²) in [5.41, 5.74) is 5.78. The molecule has 1 amide bonds. The molecule has 1 fully saturated rings. The summed E-state index contributed by atoms with van der Waals surface area (Å²) in [6, 6.07) is 3.41. The van der Waals surface area contributed by atoms with Crippen molar-refractivity contribution in [3.05, 3.63) is 35.9 Å². The number of sulfone groups is 1. The van der Waals surface area contributed by atoms with Crippen LogP contribution in [0.15, 0.2) is 29.4 Å². The minimum absolute atomic E-state index is 0.0171. The Bertz CT molecular complexity index is 1160. The van der Waals surface area contributed by atoms with Crippen LogP contribution in [0.3, 0.4) is 0 Å². The van der Waals surface area contributed by atoms with Crippen molar-refractivity contribution in [2.75, 3.05) is 19.3 Å². The zero-order chi connectivity index (χ0) is 25.3. The fraction of sp³-hybridized carbons (Fsp3) is 0.522. The van der Waals surface area contributed by atoms with Crippen molar-refractivity contribution in [3.63, 3.8) is 0 Å². The number of nitrogens with zero attached hydrogens (tertiary/aromatic N) is 3. The van der Waals surface area contributed by atoms with Crippen molar-refractivity contribution in [2.24, 2.45) is 11.7 Å². The van der Waals surface area contributed by atoms with Crippen LogP contribution in [0.4, 0.5) is 4.39 Å². The van der Waals surface area contributed by atoms with Crippen molar-refractivity contribution in [1.82, 2.24) is 14.9 Å². The molecule has 0 unspecified atom stereocenters. The molecule has 2 heterocycles. The minimum atomic E-state index is -3.54. The third-order valence-electron chi connectivity index (χ3n) is 6.20. The van der Waals surface area contributed by atoms with Crippen LogP contribution in [0.5, 0.6) is 17.5 Å². The van der Waals surface area contributed by atoms with Crippen LogP contribution in [0.1, 0.15) is 39.2 Å². The molecule has 0 saturated carbocycles. The van der Waals surface area contributed by atoms with Crippen molar-refractivity contribution < 1.29 is 27.1 Å². The Labute approximate surface area is 199 Å². The van der Waals surface area contributed by atoms with Gasteiger partial charge in [0.15, 0.2) is 21.4 Å². The summed E-state index contributed by atoms with van der Waals surface area (Å²) in [7, 11) is -3.54. The number of benzene rings is 1. The number of likely N-dealkylation sites (tertiary alicyclic amines) is 1. The summed E-state index contributed by atoms with van der Waals surface area (Å²) in [5, 5.41) is 0. The van der Waals surface area contributed by atoms with Gasteiger partial charge >= 0.3 is 0 Å². The third-order valence-corrected chi connectivity index (χ3v) is 7.31. The quantitative estimate of drug-likeness (QED) is 0.623. The molecule has 11 heteroatoms. The molecule has 1 aliphatic rings. The van der Waals surface area contributed by atoms with Gasteiger partial charge in [0.25, 0.3) is 0 Å². The van der Waals surface area contributed by atoms with Gasteiger partial charge in [-0.15, -0.1) is 0 Å². The second kappa shape index (κ2) is 9.83. The second-order valence-electron chi connectivity index (χ2n) is 9.12. The first-order chi connectivity index (χ1) is 15.8. The fourth-order valence-electron chi connectivity index (χ4n) is 3.46. The zero-order valence-electron chi connectivity index (χ0n) is 20.0. The maximum Gasteiger partial charge on any atom is 0.242 e. The highest BCUT2D eigenvalue weighted by atomic mass is 32.2. The number of aromatic nitrogens is 2. The van der Waals surface area contributed by atoms with Crippen molar-refractivity contribution in [1.29, 1.82) is 0 Å². The molecule has 9 nitrogen and oxygen atoms in total. The first-order valence-electron chi connectivity index (χ1n) is 11.0. The lowest BCUT2D eigenvalue weighted by molar-refractivity contribution is -0.139. The first-order valence-corrected chi connectivity index (χ1v) is 12.9. The molecular formula is C23H31FN4O5S. The molecule has 0 radical (unpaired) electrons. The fourth-order valence-corrected chi connectivity index (χ4v) is 4.09. The standard InChI is InChI=1S/C23H31FN4O5S/c1-14(2)23(4,25)22(29)28-10-8-16(9-11-28)32-20-15(3)21(27-13-26-20)33-19-7-6-17(12-18(19)24)34(5,30)31/h6-7,12-14,16H,8-11,25H2,1-5H3/t23-/m0/s1. The number of nitrogens with two attached hydrogens (primary N) is 1. The summed E-state index contributed by atoms with van der Waals surface area (Å²) in [6.07, 6.45) is 3.31. The molecule has 2 aromatic rings. The molecule has 1 aromatic heterocycles. The SMILES string of the molecule is Cc1c(Oc2ccc(S(C)(=O)=O)cc2F)ncnc1OC1CCN(C(=O)[C@@](C)(N)C(C)C)CC1. The number of rotatable bonds is 7. The van der Waals surface area contributed by atoms with E-state index >= 15 is 0 Å². The number of halogens is 1. The molecule has 1 saturated heterocycles. The van der Waals surface area contributed by atoms with Crippen molar-refractivity contribution in [3.8, 4) is 17.5 Å². The predicted molar refractivity (Wildman–Crippen MR) is 124 cm³/mol. The molecule has 1 atom stereocenters. The smallest absolute Gasteiger partial charge is 0.242 e. The maximum atomic E-state index is 14.4. The summed E-state index contributed by atoms with van der Waals surface area (Å²) < 4.78 is 49.2. The van der Waals surface area contributed by atoms with Crippen molar-refractivity contribution >= 4 is 15.7 Å². The minimum Gasteiger partial charge on any atom is -0.474 e. The van der Waals surface area contributed by atoms with Gasteiger partial charge < -0.3 is 20.1 Å². The van der Waals surface area contributed by atoms with E-state index in [0.717, 1.165) is 12.3 Å². The van der Waals surface area contributed by atoms with E-state index in [1.807, 2.05) is 13.8 Å². The van der Waals surface area contributed by atoms with Crippen LogP contribution in [0.25, 0.3) is 0 Å². The molecular weight excluding hydrogens is 463 g/mol. The summed E-state index contributed by atoms with van der Waals surface area (Å²) in [4.78, 5) is 22.6. The normalized spacial score (nSPS) is 16.9. The van der Waals surface area contributed by atoms with Gasteiger partial charge in [-0.25, -0.2) is 22.8 Å². The first kappa shape index (κ1) is 25.8. The van der Waals surface area contributed by atoms with Crippen molar-refractivity contribution in [2.45, 2.75) is 57.1 Å². The number of carbonyl (C=O) groups excluding carboxylic acids is 1. The molecule has 186 valence electrons. The highest BCUT2D eigenvalue weighted by molar-refractivity contribution is 7.90. The van der Waals surface area contributed by atoms with E-state index in [1.165, 1.54) is 18.5 Å². The van der Waals surface area contributed by atoms with Crippen LogP contribution in [0, 0.1) is 18.7 Å². The summed E-state index contributed by atoms with van der Waals surface area (Å²) in [5.74, 6) is -0.647. The number of ether oxygens (including phenoxy) is 2. The van der Waals surface area contributed by atoms with Crippen LogP contribution in [-0.4, -0.2) is 60.2 Å². The van der Waals surface area contributed by atoms with Gasteiger partial charge in [-0.05, 0) is 38.0 Å². The molecule has 0 bridgehead atoms. The highest BCUT2D eigenvalue weighted by Crippen LogP contribution is 2.31. The number of piperidine rings is 1. The monoisotopic (exact) mass is 494 g/mol. The molecule has 34 heavy (non-hydrogen) atoms. The average Bonchev–Trinajstić information content (AvgIpc) is 2.77. The van der Waals surface area contributed by atoms with E-state index in [0.29, 0.717) is 37.4 Å². The Morgan fingerprint density at radius 1 is 1.24 bits per heavy atom. The molecule has 0 aliphatic carbocycles. The van der Waals surface area contributed by atoms with Crippen LogP contribution in [0.2, 0.25) is 0 Å². The number of carbonyl (C=O) groups is 1. The zero-order valence-corrected chi connectivity index (χ0v) is 20.9. The van der Waals surface area contributed by atoms with Gasteiger partial charge in [0.2, 0.25) is 17.7 Å². The van der Waals surface area contributed by atoms with Gasteiger partial charge in [0, 0.05) is 32.2 Å². The third kappa shape index (κ3) is 5.64. The largest absolute Gasteiger partial charge is 0.474 e. The van der Waals surface area contributed by atoms with E-state index < -0.39 is 21.2 Å². The number of hydrogen-bond donors (Lipinski definition) is 1. The lowest BCUT2D eigenvalue weighted by Crippen LogP contribution is -2.58. The molecule has 3 rings (SSSR count). The van der Waals surface area contributed by atoms with E-state index in [4.69, 9.17) is 15.2 Å². The van der Waals surface area contributed by atoms with Gasteiger partial charge in [-0.3, -0.25) is 4.79 Å². The lowest BCUT2D eigenvalue weighted by atomic mass is 9.87. The van der Waals surface area contributed by atoms with E-state index in [2.05, 4.69) is 9.97 Å². The number of amides is 1. The Morgan fingerprint density at radius 2 is 1.85 bits per heavy atom. The van der Waals surface area contributed by atoms with Crippen LogP contribution >= 0.6 is 0 Å². The van der Waals surface area contributed by atoms with Crippen LogP contribution < -0.4 is 15.2 Å². The van der Waals surface area contributed by atoms with Gasteiger partial charge in [0.05, 0.1) is 16.0 Å². The Hall–Kier alpha value is -2.79. The molecule has 1 aromatic carbocycles. The lowest BCUT2D eigenvalue weighted by Gasteiger charge is -2.38. The Kier molecular flexibility index (Phi) is 7.47. The van der Waals surface area contributed by atoms with E-state index in [1.54, 1.807) is 18.7 Å². The Balaban J connectivity index is 1.67. The second-order valence-corrected chi connectivity index (χ2v) is 11.1.